The van der Waals surface area contributed by atoms with E-state index in [9.17, 15) is 14.2 Å². The fourth-order valence-electron chi connectivity index (χ4n) is 1.14. The van der Waals surface area contributed by atoms with E-state index in [2.05, 4.69) is 9.05 Å². The summed E-state index contributed by atoms with van der Waals surface area (Å²) >= 11 is 0. The molecule has 0 aromatic heterocycles. The Bertz CT molecular complexity index is 290. The SMILES string of the molecule is CCCC(O)(P(=O)(O)O)P(=O)(OC)OC. The van der Waals surface area contributed by atoms with Gasteiger partial charge in [0.1, 0.15) is 0 Å². The molecule has 1 atom stereocenters. The maximum absolute atomic E-state index is 11.8. The highest BCUT2D eigenvalue weighted by molar-refractivity contribution is 7.72. The Labute approximate surface area is 88.1 Å². The Morgan fingerprint density at radius 1 is 1.20 bits per heavy atom. The van der Waals surface area contributed by atoms with Gasteiger partial charge in [0.25, 0.3) is 5.08 Å². The van der Waals surface area contributed by atoms with Gasteiger partial charge in [-0.25, -0.2) is 0 Å². The van der Waals surface area contributed by atoms with Crippen LogP contribution < -0.4 is 0 Å². The number of hydrogen-bond acceptors (Lipinski definition) is 5. The quantitative estimate of drug-likeness (QED) is 0.614. The molecule has 1 unspecified atom stereocenters. The van der Waals surface area contributed by atoms with Crippen molar-refractivity contribution >= 4 is 15.2 Å². The monoisotopic (exact) mass is 262 g/mol. The Balaban J connectivity index is 5.48. The summed E-state index contributed by atoms with van der Waals surface area (Å²) in [7, 11) is -7.35. The summed E-state index contributed by atoms with van der Waals surface area (Å²) in [5.41, 5.74) is 0. The van der Waals surface area contributed by atoms with Crippen LogP contribution in [-0.4, -0.2) is 34.2 Å². The Hall–Kier alpha value is 0.260. The lowest BCUT2D eigenvalue weighted by Crippen LogP contribution is -2.29. The number of rotatable bonds is 6. The number of aliphatic hydroxyl groups is 1. The van der Waals surface area contributed by atoms with Gasteiger partial charge in [0.2, 0.25) is 0 Å². The van der Waals surface area contributed by atoms with Crippen LogP contribution in [0, 0.1) is 0 Å². The van der Waals surface area contributed by atoms with Crippen molar-refractivity contribution in [2.75, 3.05) is 14.2 Å². The molecule has 0 heterocycles. The summed E-state index contributed by atoms with van der Waals surface area (Å²) in [5, 5.41) is 7.01. The summed E-state index contributed by atoms with van der Waals surface area (Å²) in [4.78, 5) is 18.0. The van der Waals surface area contributed by atoms with Crippen molar-refractivity contribution in [2.45, 2.75) is 24.8 Å². The van der Waals surface area contributed by atoms with Crippen LogP contribution >= 0.6 is 15.2 Å². The molecule has 3 N–H and O–H groups in total. The third kappa shape index (κ3) is 2.68. The first-order chi connectivity index (χ1) is 6.68. The zero-order chi connectivity index (χ0) is 12.3. The molecular weight excluding hydrogens is 246 g/mol. The maximum atomic E-state index is 11.8. The third-order valence-electron chi connectivity index (χ3n) is 1.97. The van der Waals surface area contributed by atoms with Gasteiger partial charge in [0.15, 0.2) is 0 Å². The summed E-state index contributed by atoms with van der Waals surface area (Å²) in [5.74, 6) is 0. The Morgan fingerprint density at radius 2 is 1.60 bits per heavy atom. The van der Waals surface area contributed by atoms with E-state index in [0.29, 0.717) is 0 Å². The van der Waals surface area contributed by atoms with Crippen LogP contribution in [0.2, 0.25) is 0 Å². The summed E-state index contributed by atoms with van der Waals surface area (Å²) in [6, 6.07) is 0. The predicted octanol–water partition coefficient (Wildman–Crippen LogP) is 1.10. The number of hydrogen-bond donors (Lipinski definition) is 3. The Morgan fingerprint density at radius 3 is 1.80 bits per heavy atom. The molecule has 0 rings (SSSR count). The van der Waals surface area contributed by atoms with Crippen LogP contribution in [0.25, 0.3) is 0 Å². The van der Waals surface area contributed by atoms with E-state index < -0.39 is 20.3 Å². The van der Waals surface area contributed by atoms with E-state index in [4.69, 9.17) is 9.79 Å². The first-order valence-corrected chi connectivity index (χ1v) is 7.33. The smallest absolute Gasteiger partial charge is 0.368 e. The molecular formula is C6H16O7P2. The molecule has 0 spiro atoms. The normalized spacial score (nSPS) is 17.5. The summed E-state index contributed by atoms with van der Waals surface area (Å²) < 4.78 is 31.8. The second-order valence-corrected chi connectivity index (χ2v) is 7.58. The highest BCUT2D eigenvalue weighted by atomic mass is 31.2. The van der Waals surface area contributed by atoms with Crippen LogP contribution in [0.4, 0.5) is 0 Å². The Kier molecular flexibility index (Phi) is 5.15. The molecule has 0 fully saturated rings. The summed E-state index contributed by atoms with van der Waals surface area (Å²) in [6.07, 6.45) is -0.158. The van der Waals surface area contributed by atoms with Gasteiger partial charge < -0.3 is 23.9 Å². The van der Waals surface area contributed by atoms with Crippen molar-refractivity contribution in [2.24, 2.45) is 0 Å². The molecule has 0 aliphatic heterocycles. The first kappa shape index (κ1) is 15.3. The minimum absolute atomic E-state index is 0.221. The fourth-order valence-corrected chi connectivity index (χ4v) is 4.66. The third-order valence-corrected chi connectivity index (χ3v) is 6.71. The van der Waals surface area contributed by atoms with Crippen molar-refractivity contribution in [1.82, 2.24) is 0 Å². The van der Waals surface area contributed by atoms with Crippen molar-refractivity contribution in [3.63, 3.8) is 0 Å². The zero-order valence-electron chi connectivity index (χ0n) is 8.78. The van der Waals surface area contributed by atoms with E-state index in [0.717, 1.165) is 14.2 Å². The highest BCUT2D eigenvalue weighted by Gasteiger charge is 2.60. The van der Waals surface area contributed by atoms with E-state index in [1.807, 2.05) is 0 Å². The molecule has 0 bridgehead atoms. The standard InChI is InChI=1S/C6H16O7P2/c1-4-5-6(7,14(8,9)10)15(11,12-2)13-3/h7H,4-5H2,1-3H3,(H2,8,9,10). The van der Waals surface area contributed by atoms with Gasteiger partial charge in [-0.05, 0) is 6.42 Å². The van der Waals surface area contributed by atoms with Gasteiger partial charge in [-0.15, -0.1) is 0 Å². The topological polar surface area (TPSA) is 113 Å². The second kappa shape index (κ2) is 5.06. The van der Waals surface area contributed by atoms with Crippen molar-refractivity contribution in [3.05, 3.63) is 0 Å². The molecule has 0 aliphatic rings. The largest absolute Gasteiger partial charge is 0.374 e. The molecule has 7 nitrogen and oxygen atoms in total. The molecule has 0 aromatic rings. The lowest BCUT2D eigenvalue weighted by atomic mass is 10.3. The van der Waals surface area contributed by atoms with Gasteiger partial charge in [-0.3, -0.25) is 9.13 Å². The zero-order valence-corrected chi connectivity index (χ0v) is 10.6. The van der Waals surface area contributed by atoms with E-state index in [-0.39, 0.29) is 12.8 Å². The van der Waals surface area contributed by atoms with Crippen LogP contribution in [0.1, 0.15) is 19.8 Å². The van der Waals surface area contributed by atoms with E-state index in [1.165, 1.54) is 0 Å². The van der Waals surface area contributed by atoms with Crippen molar-refractivity contribution in [1.29, 1.82) is 0 Å². The maximum Gasteiger partial charge on any atom is 0.374 e. The van der Waals surface area contributed by atoms with Gasteiger partial charge in [-0.1, -0.05) is 13.3 Å². The van der Waals surface area contributed by atoms with Gasteiger partial charge in [-0.2, -0.15) is 0 Å². The molecule has 92 valence electrons. The lowest BCUT2D eigenvalue weighted by Gasteiger charge is -2.32. The van der Waals surface area contributed by atoms with Gasteiger partial charge in [0.05, 0.1) is 0 Å². The molecule has 0 aromatic carbocycles. The summed E-state index contributed by atoms with van der Waals surface area (Å²) in [6.45, 7) is 1.58. The average Bonchev–Trinajstić information content (AvgIpc) is 2.15. The molecule has 9 heteroatoms. The minimum Gasteiger partial charge on any atom is -0.368 e. The van der Waals surface area contributed by atoms with E-state index >= 15 is 0 Å². The van der Waals surface area contributed by atoms with Crippen molar-refractivity contribution < 1.29 is 33.1 Å². The van der Waals surface area contributed by atoms with Crippen LogP contribution in [-0.2, 0) is 18.2 Å². The van der Waals surface area contributed by atoms with Crippen LogP contribution in [0.5, 0.6) is 0 Å². The molecule has 15 heavy (non-hydrogen) atoms. The fraction of sp³-hybridized carbons (Fsp3) is 1.00. The molecule has 0 saturated heterocycles. The van der Waals surface area contributed by atoms with Gasteiger partial charge >= 0.3 is 15.2 Å². The molecule has 0 saturated carbocycles. The lowest BCUT2D eigenvalue weighted by molar-refractivity contribution is 0.108. The predicted molar refractivity (Wildman–Crippen MR) is 53.5 cm³/mol. The molecule has 0 aliphatic carbocycles. The van der Waals surface area contributed by atoms with Gasteiger partial charge in [0, 0.05) is 14.2 Å². The minimum atomic E-state index is -5.02. The second-order valence-electron chi connectivity index (χ2n) is 2.93. The highest BCUT2D eigenvalue weighted by Crippen LogP contribution is 2.73. The average molecular weight is 262 g/mol. The van der Waals surface area contributed by atoms with Crippen LogP contribution in [0.15, 0.2) is 0 Å². The molecule has 0 radical (unpaired) electrons. The molecule has 0 amide bonds. The first-order valence-electron chi connectivity index (χ1n) is 4.18. The van der Waals surface area contributed by atoms with Crippen LogP contribution in [0.3, 0.4) is 0 Å². The van der Waals surface area contributed by atoms with Crippen molar-refractivity contribution in [3.8, 4) is 0 Å². The van der Waals surface area contributed by atoms with E-state index in [1.54, 1.807) is 6.92 Å².